The molecule has 2 aromatic rings. The summed E-state index contributed by atoms with van der Waals surface area (Å²) in [6.07, 6.45) is 3.27. The van der Waals surface area contributed by atoms with E-state index in [1.165, 1.54) is 5.56 Å². The monoisotopic (exact) mass is 365 g/mol. The lowest BCUT2D eigenvalue weighted by Gasteiger charge is -2.12. The topological polar surface area (TPSA) is 70.2 Å². The molecular formula is C22H27N3O2. The molecule has 0 saturated carbocycles. The highest BCUT2D eigenvalue weighted by atomic mass is 16.2. The Kier molecular flexibility index (Phi) is 6.99. The van der Waals surface area contributed by atoms with Gasteiger partial charge in [0.15, 0.2) is 0 Å². The maximum absolute atomic E-state index is 12.5. The summed E-state index contributed by atoms with van der Waals surface area (Å²) in [5.41, 5.74) is 2.26. The van der Waals surface area contributed by atoms with E-state index in [4.69, 9.17) is 0 Å². The molecule has 0 aliphatic carbocycles. The fourth-order valence-electron chi connectivity index (χ4n) is 3.36. The first-order valence-electron chi connectivity index (χ1n) is 9.64. The van der Waals surface area contributed by atoms with Crippen LogP contribution in [-0.2, 0) is 11.2 Å². The van der Waals surface area contributed by atoms with Crippen LogP contribution < -0.4 is 16.0 Å². The van der Waals surface area contributed by atoms with Crippen LogP contribution in [0.4, 0.5) is 5.69 Å². The molecule has 0 radical (unpaired) electrons. The molecular weight excluding hydrogens is 338 g/mol. The third kappa shape index (κ3) is 5.93. The summed E-state index contributed by atoms with van der Waals surface area (Å²) >= 11 is 0. The molecule has 27 heavy (non-hydrogen) atoms. The first kappa shape index (κ1) is 19.1. The minimum atomic E-state index is -0.165. The predicted molar refractivity (Wildman–Crippen MR) is 108 cm³/mol. The van der Waals surface area contributed by atoms with Crippen molar-refractivity contribution >= 4 is 17.5 Å². The second-order valence-electron chi connectivity index (χ2n) is 6.98. The summed E-state index contributed by atoms with van der Waals surface area (Å²) < 4.78 is 0. The third-order valence-electron chi connectivity index (χ3n) is 4.93. The molecule has 2 aromatic carbocycles. The van der Waals surface area contributed by atoms with Gasteiger partial charge in [0.25, 0.3) is 5.91 Å². The van der Waals surface area contributed by atoms with Gasteiger partial charge in [-0.2, -0.15) is 0 Å². The molecule has 5 nitrogen and oxygen atoms in total. The van der Waals surface area contributed by atoms with Crippen molar-refractivity contribution < 1.29 is 9.59 Å². The van der Waals surface area contributed by atoms with Crippen LogP contribution in [0.15, 0.2) is 54.6 Å². The Morgan fingerprint density at radius 2 is 1.81 bits per heavy atom. The van der Waals surface area contributed by atoms with E-state index in [0.29, 0.717) is 30.1 Å². The normalized spacial score (nSPS) is 16.1. The predicted octanol–water partition coefficient (Wildman–Crippen LogP) is 2.99. The SMILES string of the molecule is O=C(CCC1CCNC1)Nc1ccccc1C(=O)NCCc1ccccc1. The molecule has 1 saturated heterocycles. The van der Waals surface area contributed by atoms with Gasteiger partial charge in [0.2, 0.25) is 5.91 Å². The molecule has 0 aromatic heterocycles. The van der Waals surface area contributed by atoms with Crippen molar-refractivity contribution in [3.05, 3.63) is 65.7 Å². The minimum absolute atomic E-state index is 0.0357. The second kappa shape index (κ2) is 9.88. The van der Waals surface area contributed by atoms with E-state index in [9.17, 15) is 9.59 Å². The summed E-state index contributed by atoms with van der Waals surface area (Å²) in [6, 6.07) is 17.2. The van der Waals surface area contributed by atoms with E-state index < -0.39 is 0 Å². The third-order valence-corrected chi connectivity index (χ3v) is 4.93. The van der Waals surface area contributed by atoms with Crippen LogP contribution in [0.5, 0.6) is 0 Å². The summed E-state index contributed by atoms with van der Waals surface area (Å²) in [4.78, 5) is 24.8. The molecule has 142 valence electrons. The van der Waals surface area contributed by atoms with Crippen LogP contribution in [0.25, 0.3) is 0 Å². The zero-order valence-electron chi connectivity index (χ0n) is 15.5. The molecule has 1 aliphatic rings. The van der Waals surface area contributed by atoms with Crippen LogP contribution in [0.2, 0.25) is 0 Å². The van der Waals surface area contributed by atoms with Gasteiger partial charge in [-0.05, 0) is 56.0 Å². The first-order valence-corrected chi connectivity index (χ1v) is 9.64. The molecule has 1 aliphatic heterocycles. The fraction of sp³-hybridized carbons (Fsp3) is 0.364. The molecule has 3 rings (SSSR count). The number of carbonyl (C=O) groups excluding carboxylic acids is 2. The lowest BCUT2D eigenvalue weighted by atomic mass is 10.0. The maximum atomic E-state index is 12.5. The number of anilines is 1. The quantitative estimate of drug-likeness (QED) is 0.673. The summed E-state index contributed by atoms with van der Waals surface area (Å²) in [5.74, 6) is 0.375. The Morgan fingerprint density at radius 1 is 1.04 bits per heavy atom. The Labute approximate surface area is 160 Å². The maximum Gasteiger partial charge on any atom is 0.253 e. The molecule has 1 unspecified atom stereocenters. The van der Waals surface area contributed by atoms with E-state index in [-0.39, 0.29) is 11.8 Å². The van der Waals surface area contributed by atoms with Gasteiger partial charge in [0.05, 0.1) is 11.3 Å². The van der Waals surface area contributed by atoms with Gasteiger partial charge in [-0.25, -0.2) is 0 Å². The second-order valence-corrected chi connectivity index (χ2v) is 6.98. The zero-order chi connectivity index (χ0) is 18.9. The van der Waals surface area contributed by atoms with Crippen molar-refractivity contribution in [2.24, 2.45) is 5.92 Å². The lowest BCUT2D eigenvalue weighted by molar-refractivity contribution is -0.116. The van der Waals surface area contributed by atoms with E-state index in [0.717, 1.165) is 32.4 Å². The highest BCUT2D eigenvalue weighted by Gasteiger charge is 2.17. The summed E-state index contributed by atoms with van der Waals surface area (Å²) in [7, 11) is 0. The Balaban J connectivity index is 1.51. The molecule has 1 heterocycles. The molecule has 1 atom stereocenters. The van der Waals surface area contributed by atoms with Crippen molar-refractivity contribution in [3.63, 3.8) is 0 Å². The number of nitrogens with one attached hydrogen (secondary N) is 3. The summed E-state index contributed by atoms with van der Waals surface area (Å²) in [6.45, 7) is 2.59. The van der Waals surface area contributed by atoms with E-state index in [1.807, 2.05) is 42.5 Å². The fourth-order valence-corrected chi connectivity index (χ4v) is 3.36. The van der Waals surface area contributed by atoms with Gasteiger partial charge in [0.1, 0.15) is 0 Å². The average Bonchev–Trinajstić information content (AvgIpc) is 3.21. The van der Waals surface area contributed by atoms with Gasteiger partial charge in [-0.15, -0.1) is 0 Å². The number of rotatable bonds is 8. The smallest absolute Gasteiger partial charge is 0.253 e. The van der Waals surface area contributed by atoms with Crippen LogP contribution in [-0.4, -0.2) is 31.4 Å². The average molecular weight is 365 g/mol. The van der Waals surface area contributed by atoms with Gasteiger partial charge in [-0.3, -0.25) is 9.59 Å². The van der Waals surface area contributed by atoms with Crippen LogP contribution in [0.1, 0.15) is 35.2 Å². The minimum Gasteiger partial charge on any atom is -0.352 e. The Bertz CT molecular complexity index is 755. The standard InChI is InChI=1S/C22H27N3O2/c26-21(11-10-18-12-14-23-16-18)25-20-9-5-4-8-19(20)22(27)24-15-13-17-6-2-1-3-7-17/h1-9,18,23H,10-16H2,(H,24,27)(H,25,26). The number of hydrogen-bond acceptors (Lipinski definition) is 3. The van der Waals surface area contributed by atoms with Crippen molar-refractivity contribution in [1.29, 1.82) is 0 Å². The van der Waals surface area contributed by atoms with E-state index in [1.54, 1.807) is 12.1 Å². The number of carbonyl (C=O) groups is 2. The molecule has 0 spiro atoms. The number of para-hydroxylation sites is 1. The summed E-state index contributed by atoms with van der Waals surface area (Å²) in [5, 5.41) is 9.16. The van der Waals surface area contributed by atoms with Crippen LogP contribution in [0.3, 0.4) is 0 Å². The van der Waals surface area contributed by atoms with Gasteiger partial charge >= 0.3 is 0 Å². The van der Waals surface area contributed by atoms with Crippen LogP contribution >= 0.6 is 0 Å². The highest BCUT2D eigenvalue weighted by Crippen LogP contribution is 2.18. The molecule has 5 heteroatoms. The number of amides is 2. The Hall–Kier alpha value is -2.66. The lowest BCUT2D eigenvalue weighted by Crippen LogP contribution is -2.27. The first-order chi connectivity index (χ1) is 13.2. The van der Waals surface area contributed by atoms with E-state index in [2.05, 4.69) is 16.0 Å². The zero-order valence-corrected chi connectivity index (χ0v) is 15.5. The molecule has 1 fully saturated rings. The largest absolute Gasteiger partial charge is 0.352 e. The van der Waals surface area contributed by atoms with Gasteiger partial charge < -0.3 is 16.0 Å². The van der Waals surface area contributed by atoms with Gasteiger partial charge in [-0.1, -0.05) is 42.5 Å². The van der Waals surface area contributed by atoms with E-state index >= 15 is 0 Å². The van der Waals surface area contributed by atoms with Gasteiger partial charge in [0, 0.05) is 13.0 Å². The number of hydrogen-bond donors (Lipinski definition) is 3. The van der Waals surface area contributed by atoms with Crippen molar-refractivity contribution in [1.82, 2.24) is 10.6 Å². The number of benzene rings is 2. The molecule has 3 N–H and O–H groups in total. The highest BCUT2D eigenvalue weighted by molar-refractivity contribution is 6.03. The molecule has 0 bridgehead atoms. The van der Waals surface area contributed by atoms with Crippen molar-refractivity contribution in [2.75, 3.05) is 25.0 Å². The van der Waals surface area contributed by atoms with Crippen molar-refractivity contribution in [3.8, 4) is 0 Å². The molecule has 2 amide bonds. The van der Waals surface area contributed by atoms with Crippen LogP contribution in [0, 0.1) is 5.92 Å². The van der Waals surface area contributed by atoms with Crippen molar-refractivity contribution in [2.45, 2.75) is 25.7 Å². The Morgan fingerprint density at radius 3 is 2.59 bits per heavy atom.